The van der Waals surface area contributed by atoms with Crippen molar-refractivity contribution in [2.24, 2.45) is 0 Å². The van der Waals surface area contributed by atoms with Gasteiger partial charge in [0, 0.05) is 38.3 Å². The van der Waals surface area contributed by atoms with Crippen LogP contribution in [0.15, 0.2) is 42.5 Å². The zero-order chi connectivity index (χ0) is 19.2. The van der Waals surface area contributed by atoms with Gasteiger partial charge in [0.25, 0.3) is 5.91 Å². The van der Waals surface area contributed by atoms with E-state index in [1.807, 2.05) is 44.2 Å². The molecule has 4 nitrogen and oxygen atoms in total. The van der Waals surface area contributed by atoms with Gasteiger partial charge in [-0.05, 0) is 50.6 Å². The van der Waals surface area contributed by atoms with E-state index in [9.17, 15) is 9.18 Å². The van der Waals surface area contributed by atoms with E-state index < -0.39 is 0 Å². The Morgan fingerprint density at radius 2 is 1.81 bits per heavy atom. The highest BCUT2D eigenvalue weighted by Crippen LogP contribution is 2.20. The Labute approximate surface area is 161 Å². The van der Waals surface area contributed by atoms with Gasteiger partial charge in [-0.25, -0.2) is 4.39 Å². The molecule has 0 bridgehead atoms. The van der Waals surface area contributed by atoms with E-state index in [1.54, 1.807) is 6.07 Å². The Morgan fingerprint density at radius 1 is 1.07 bits per heavy atom. The Morgan fingerprint density at radius 3 is 2.52 bits per heavy atom. The summed E-state index contributed by atoms with van der Waals surface area (Å²) in [6, 6.07) is 12.8. The molecule has 0 atom stereocenters. The molecule has 1 amide bonds. The van der Waals surface area contributed by atoms with Crippen molar-refractivity contribution < 1.29 is 9.18 Å². The third-order valence-corrected chi connectivity index (χ3v) is 5.13. The third-order valence-electron chi connectivity index (χ3n) is 5.13. The molecule has 1 aliphatic heterocycles. The average molecular weight is 369 g/mol. The van der Waals surface area contributed by atoms with Crippen LogP contribution in [0.3, 0.4) is 0 Å². The molecular formula is C22H28FN3O. The van der Waals surface area contributed by atoms with E-state index in [1.165, 1.54) is 11.6 Å². The molecule has 0 spiro atoms. The van der Waals surface area contributed by atoms with Crippen molar-refractivity contribution in [3.63, 3.8) is 0 Å². The van der Waals surface area contributed by atoms with Crippen LogP contribution >= 0.6 is 0 Å². The highest BCUT2D eigenvalue weighted by molar-refractivity contribution is 5.95. The van der Waals surface area contributed by atoms with Crippen molar-refractivity contribution in [2.75, 3.05) is 44.2 Å². The lowest BCUT2D eigenvalue weighted by Crippen LogP contribution is -2.47. The number of nitrogens with zero attached hydrogens (tertiary/aromatic N) is 2. The first kappa shape index (κ1) is 19.4. The predicted octanol–water partition coefficient (Wildman–Crippen LogP) is 3.38. The molecule has 5 heteroatoms. The van der Waals surface area contributed by atoms with Gasteiger partial charge in [-0.2, -0.15) is 0 Å². The zero-order valence-corrected chi connectivity index (χ0v) is 16.2. The molecule has 1 N–H and O–H groups in total. The maximum absolute atomic E-state index is 13.9. The smallest absolute Gasteiger partial charge is 0.251 e. The summed E-state index contributed by atoms with van der Waals surface area (Å²) in [5.41, 5.74) is 3.62. The summed E-state index contributed by atoms with van der Waals surface area (Å²) in [6.07, 6.45) is 0.913. The number of piperazine rings is 1. The molecule has 1 saturated heterocycles. The minimum Gasteiger partial charge on any atom is -0.367 e. The monoisotopic (exact) mass is 369 g/mol. The number of nitrogens with one attached hydrogen (secondary N) is 1. The maximum Gasteiger partial charge on any atom is 0.251 e. The van der Waals surface area contributed by atoms with Gasteiger partial charge >= 0.3 is 0 Å². The lowest BCUT2D eigenvalue weighted by molar-refractivity contribution is 0.0951. The van der Waals surface area contributed by atoms with Crippen LogP contribution < -0.4 is 10.2 Å². The molecule has 3 rings (SSSR count). The minimum atomic E-state index is -0.153. The number of hydrogen-bond donors (Lipinski definition) is 1. The van der Waals surface area contributed by atoms with E-state index in [2.05, 4.69) is 15.1 Å². The number of rotatable bonds is 6. The summed E-state index contributed by atoms with van der Waals surface area (Å²) in [7, 11) is 0. The number of amides is 1. The van der Waals surface area contributed by atoms with Crippen molar-refractivity contribution in [3.8, 4) is 0 Å². The second kappa shape index (κ2) is 9.00. The van der Waals surface area contributed by atoms with Crippen LogP contribution in [0.4, 0.5) is 10.1 Å². The van der Waals surface area contributed by atoms with Gasteiger partial charge in [-0.3, -0.25) is 9.69 Å². The molecule has 144 valence electrons. The van der Waals surface area contributed by atoms with Crippen molar-refractivity contribution in [1.29, 1.82) is 0 Å². The van der Waals surface area contributed by atoms with Crippen LogP contribution in [0, 0.1) is 19.7 Å². The lowest BCUT2D eigenvalue weighted by Gasteiger charge is -2.36. The van der Waals surface area contributed by atoms with Crippen LogP contribution in [0.25, 0.3) is 0 Å². The van der Waals surface area contributed by atoms with Crippen LogP contribution in [0.2, 0.25) is 0 Å². The number of aryl methyl sites for hydroxylation is 2. The van der Waals surface area contributed by atoms with Gasteiger partial charge in [0.2, 0.25) is 0 Å². The van der Waals surface area contributed by atoms with Crippen LogP contribution in [-0.4, -0.2) is 50.1 Å². The van der Waals surface area contributed by atoms with Crippen LogP contribution in [0.1, 0.15) is 27.9 Å². The quantitative estimate of drug-likeness (QED) is 0.793. The third kappa shape index (κ3) is 5.07. The van der Waals surface area contributed by atoms with Crippen molar-refractivity contribution >= 4 is 11.6 Å². The van der Waals surface area contributed by atoms with Gasteiger partial charge in [0.1, 0.15) is 5.82 Å². The van der Waals surface area contributed by atoms with Crippen LogP contribution in [-0.2, 0) is 0 Å². The van der Waals surface area contributed by atoms with E-state index >= 15 is 0 Å². The lowest BCUT2D eigenvalue weighted by atomic mass is 10.1. The van der Waals surface area contributed by atoms with E-state index in [0.29, 0.717) is 12.2 Å². The summed E-state index contributed by atoms with van der Waals surface area (Å²) >= 11 is 0. The fourth-order valence-electron chi connectivity index (χ4n) is 3.59. The first-order valence-electron chi connectivity index (χ1n) is 9.62. The SMILES string of the molecule is Cc1ccc(C(=O)NCCCN2CCN(c3ccccc3F)CC2)c(C)c1. The molecule has 0 unspecified atom stereocenters. The number of benzene rings is 2. The summed E-state index contributed by atoms with van der Waals surface area (Å²) in [6.45, 7) is 9.10. The summed E-state index contributed by atoms with van der Waals surface area (Å²) < 4.78 is 13.9. The molecule has 27 heavy (non-hydrogen) atoms. The van der Waals surface area contributed by atoms with Gasteiger partial charge in [0.15, 0.2) is 0 Å². The largest absolute Gasteiger partial charge is 0.367 e. The van der Waals surface area contributed by atoms with Crippen molar-refractivity contribution in [2.45, 2.75) is 20.3 Å². The molecule has 1 aliphatic rings. The predicted molar refractivity (Wildman–Crippen MR) is 108 cm³/mol. The van der Waals surface area contributed by atoms with Gasteiger partial charge in [-0.1, -0.05) is 29.8 Å². The van der Waals surface area contributed by atoms with Crippen molar-refractivity contribution in [1.82, 2.24) is 10.2 Å². The first-order valence-corrected chi connectivity index (χ1v) is 9.62. The Hall–Kier alpha value is -2.40. The molecule has 2 aromatic rings. The molecule has 2 aromatic carbocycles. The molecule has 0 radical (unpaired) electrons. The second-order valence-electron chi connectivity index (χ2n) is 7.21. The average Bonchev–Trinajstić information content (AvgIpc) is 2.66. The number of para-hydroxylation sites is 1. The molecule has 0 saturated carbocycles. The number of halogens is 1. The molecule has 1 heterocycles. The number of anilines is 1. The van der Waals surface area contributed by atoms with Gasteiger partial charge < -0.3 is 10.2 Å². The maximum atomic E-state index is 13.9. The summed E-state index contributed by atoms with van der Waals surface area (Å²) in [4.78, 5) is 16.8. The standard InChI is InChI=1S/C22H28FN3O/c1-17-8-9-19(18(2)16-17)22(27)24-10-5-11-25-12-14-26(15-13-25)21-7-4-3-6-20(21)23/h3-4,6-9,16H,5,10-15H2,1-2H3,(H,24,27). The first-order chi connectivity index (χ1) is 13.0. The normalized spacial score (nSPS) is 15.0. The van der Waals surface area contributed by atoms with Crippen LogP contribution in [0.5, 0.6) is 0 Å². The second-order valence-corrected chi connectivity index (χ2v) is 7.21. The number of carbonyl (C=O) groups is 1. The Bertz CT molecular complexity index is 785. The fraction of sp³-hybridized carbons (Fsp3) is 0.409. The van der Waals surface area contributed by atoms with Gasteiger partial charge in [0.05, 0.1) is 5.69 Å². The number of carbonyl (C=O) groups excluding carboxylic acids is 1. The molecule has 0 aromatic heterocycles. The highest BCUT2D eigenvalue weighted by Gasteiger charge is 2.18. The Balaban J connectivity index is 1.38. The van der Waals surface area contributed by atoms with E-state index in [4.69, 9.17) is 0 Å². The molecule has 1 fully saturated rings. The highest BCUT2D eigenvalue weighted by atomic mass is 19.1. The Kier molecular flexibility index (Phi) is 6.45. The number of hydrogen-bond acceptors (Lipinski definition) is 3. The topological polar surface area (TPSA) is 35.6 Å². The van der Waals surface area contributed by atoms with Gasteiger partial charge in [-0.15, -0.1) is 0 Å². The molecular weight excluding hydrogens is 341 g/mol. The summed E-state index contributed by atoms with van der Waals surface area (Å²) in [5.74, 6) is -0.156. The fourth-order valence-corrected chi connectivity index (χ4v) is 3.59. The summed E-state index contributed by atoms with van der Waals surface area (Å²) in [5, 5.41) is 3.02. The zero-order valence-electron chi connectivity index (χ0n) is 16.2. The molecule has 0 aliphatic carbocycles. The van der Waals surface area contributed by atoms with Crippen molar-refractivity contribution in [3.05, 3.63) is 65.0 Å². The van der Waals surface area contributed by atoms with E-state index in [-0.39, 0.29) is 11.7 Å². The minimum absolute atomic E-state index is 0.00290. The van der Waals surface area contributed by atoms with E-state index in [0.717, 1.165) is 50.3 Å².